The van der Waals surface area contributed by atoms with Gasteiger partial charge in [0.05, 0.1) is 116 Å². The zero-order chi connectivity index (χ0) is 103. The Hall–Kier alpha value is -9.43. The third-order valence-electron chi connectivity index (χ3n) is 23.7. The number of carbonyl (C=O) groups is 8. The first-order valence-electron chi connectivity index (χ1n) is 47.4. The standard InChI is InChI=1S/C17H22N2O6.C13H17NO4.C12H15NO4.C11H21NO3.2C10H19NO3.C7H6O4.C6H12ClNO.C6H13NO.C5H11NO.ClH/c1-17(2,3)25-16(21)18-13-5-4-6-14(13)24-15(20)11-7-9-12(10-8-11)19(22)23;1-17-11-7-3-6-10(11)14-8-4-5-9(12(14)15)13(16)18-2;1-17-10-6-2-5-9(10)13-7-3-4-8(11(13)14)12(15)16;1-11(2,3)15-10(13)12-8-6-5-7-9(8)14-4;2*1-10(2,3)14-9(13)11-7-5-4-6-8(7)12;1-10-6(8)5-3-2-4-11-7(5)9;1-9-6-4-2-3-5(6)8-7;1-8-6-4-2-3-5(6)7;6-4-2-1-3-5(4)7;/h7-10,13-14H,4-6H2,1-3H3,(H,18,21);4-5,8,10-11H,3,6-7H2,1-2H3;3-4,7,9-10H,2,5-6H2,1H3,(H,15,16);8-9H,5-7H2,1-4H3,(H,12,13);2*7-8,12H,4-6H2,1-3H3,(H,11,13);2-4H,1H3;5-6,8H,2-4H2,1H3;5-6H,2-4,7H2,1H3;4-5,7H,1-3,6H2;1H/t13-,14+;10?,11-;9?,10-;8-,9+;7-,8+;7-,8-;;2*5-,6+;4-,5-;/m011000.000./s1. The van der Waals surface area contributed by atoms with Crippen LogP contribution in [-0.2, 0) is 56.8 Å². The maximum absolute atomic E-state index is 12.2. The summed E-state index contributed by atoms with van der Waals surface area (Å²) >= 11 is 5.45. The lowest BCUT2D eigenvalue weighted by atomic mass is 10.2. The Kier molecular flexibility index (Phi) is 55.3. The van der Waals surface area contributed by atoms with E-state index in [1.807, 2.05) is 62.3 Å². The van der Waals surface area contributed by atoms with E-state index in [4.69, 9.17) is 80.8 Å². The molecule has 788 valence electrons. The number of carboxylic acid groups (broad SMARTS) is 1. The number of nitrogens with zero attached hydrogens (tertiary/aromatic N) is 3. The van der Waals surface area contributed by atoms with E-state index in [-0.39, 0.29) is 119 Å². The van der Waals surface area contributed by atoms with E-state index in [0.717, 1.165) is 148 Å². The minimum Gasteiger partial charge on any atom is -0.477 e. The van der Waals surface area contributed by atoms with Gasteiger partial charge in [-0.25, -0.2) is 48.0 Å². The van der Waals surface area contributed by atoms with Gasteiger partial charge in [0.1, 0.15) is 45.2 Å². The highest BCUT2D eigenvalue weighted by molar-refractivity contribution is 6.13. The third kappa shape index (κ3) is 45.2. The molecule has 42 heteroatoms. The molecule has 0 bridgehead atoms. The van der Waals surface area contributed by atoms with Crippen LogP contribution in [0.15, 0.2) is 98.1 Å². The highest BCUT2D eigenvalue weighted by atomic mass is 35.5. The van der Waals surface area contributed by atoms with Gasteiger partial charge in [0.2, 0.25) is 0 Å². The molecule has 40 nitrogen and oxygen atoms in total. The molecule has 13 rings (SSSR count). The number of aliphatic hydroxyl groups excluding tert-OH is 3. The topological polar surface area (TPSA) is 558 Å². The number of hydrogen-bond donors (Lipinski definition) is 11. The number of hydrogen-bond acceptors (Lipinski definition) is 32. The molecular formula is C97H156Cl2N10O30. The monoisotopic (exact) mass is 2010 g/mol. The third-order valence-corrected chi connectivity index (χ3v) is 23.9. The van der Waals surface area contributed by atoms with Crippen molar-refractivity contribution in [2.75, 3.05) is 49.8 Å². The Balaban J connectivity index is 0.000000404. The van der Waals surface area contributed by atoms with Crippen molar-refractivity contribution in [3.63, 3.8) is 0 Å². The second-order valence-corrected chi connectivity index (χ2v) is 39.0. The summed E-state index contributed by atoms with van der Waals surface area (Å²) in [5, 5.41) is 58.3. The normalized spacial score (nSPS) is 25.2. The van der Waals surface area contributed by atoms with E-state index in [1.54, 1.807) is 85.4 Å². The van der Waals surface area contributed by atoms with Crippen molar-refractivity contribution in [2.24, 2.45) is 11.5 Å². The van der Waals surface area contributed by atoms with Gasteiger partial charge >= 0.3 is 53.9 Å². The number of carboxylic acids is 1. The van der Waals surface area contributed by atoms with Gasteiger partial charge in [-0.1, -0.05) is 0 Å². The van der Waals surface area contributed by atoms with Gasteiger partial charge in [0, 0.05) is 78.2 Å². The van der Waals surface area contributed by atoms with Gasteiger partial charge in [-0.05, 0) is 317 Å². The summed E-state index contributed by atoms with van der Waals surface area (Å²) in [5.74, 6) is -3.03. The van der Waals surface area contributed by atoms with Crippen molar-refractivity contribution in [1.29, 1.82) is 0 Å². The van der Waals surface area contributed by atoms with Crippen LogP contribution in [-0.4, -0.2) is 252 Å². The quantitative estimate of drug-likeness (QED) is 0.0145. The lowest BCUT2D eigenvalue weighted by Gasteiger charge is -2.24. The van der Waals surface area contributed by atoms with Gasteiger partial charge < -0.3 is 124 Å². The molecule has 2 unspecified atom stereocenters. The van der Waals surface area contributed by atoms with Crippen molar-refractivity contribution in [2.45, 2.75) is 388 Å². The summed E-state index contributed by atoms with van der Waals surface area (Å²) in [7, 11) is 10.9. The molecule has 9 aliphatic carbocycles. The molecule has 1 aromatic carbocycles. The number of nitrogens with two attached hydrogens (primary N) is 2. The Morgan fingerprint density at radius 1 is 0.410 bits per heavy atom. The molecule has 3 heterocycles. The fourth-order valence-corrected chi connectivity index (χ4v) is 17.0. The van der Waals surface area contributed by atoms with Crippen molar-refractivity contribution in [3.05, 3.63) is 143 Å². The summed E-state index contributed by atoms with van der Waals surface area (Å²) < 4.78 is 68.7. The van der Waals surface area contributed by atoms with Crippen LogP contribution in [0.2, 0.25) is 0 Å². The highest BCUT2D eigenvalue weighted by Gasteiger charge is 2.38. The molecule has 139 heavy (non-hydrogen) atoms. The number of alkyl carbamates (subject to hydrolysis) is 4. The molecule has 18 atom stereocenters. The highest BCUT2D eigenvalue weighted by Crippen LogP contribution is 2.34. The van der Waals surface area contributed by atoms with Crippen LogP contribution in [0.25, 0.3) is 0 Å². The van der Waals surface area contributed by atoms with Crippen LogP contribution in [0.1, 0.15) is 310 Å². The summed E-state index contributed by atoms with van der Waals surface area (Å²) in [4.78, 5) is 139. The molecule has 0 saturated heterocycles. The van der Waals surface area contributed by atoms with Gasteiger partial charge in [-0.3, -0.25) is 19.7 Å². The number of nitrogens with one attached hydrogen (secondary N) is 5. The van der Waals surface area contributed by atoms with Crippen molar-refractivity contribution < 1.29 is 125 Å². The minimum atomic E-state index is -1.18. The number of halogens is 2. The van der Waals surface area contributed by atoms with Crippen LogP contribution in [0.5, 0.6) is 0 Å². The summed E-state index contributed by atoms with van der Waals surface area (Å²) in [6.07, 6.45) is 28.1. The molecular weight excluding hydrogens is 1860 g/mol. The number of nitro groups is 1. The van der Waals surface area contributed by atoms with E-state index >= 15 is 0 Å². The number of nitro benzene ring substituents is 1. The van der Waals surface area contributed by atoms with Crippen LogP contribution >= 0.6 is 24.2 Å². The molecule has 0 radical (unpaired) electrons. The number of methoxy groups -OCH3 is 7. The Morgan fingerprint density at radius 2 is 0.741 bits per heavy atom. The summed E-state index contributed by atoms with van der Waals surface area (Å²) in [6, 6.07) is 14.3. The zero-order valence-electron chi connectivity index (χ0n) is 84.2. The SMILES string of the molecule is CC(C)(C)OC(=O)N[C@H]1CCC[C@@H]1O.CC(C)(C)OC(=O)N[C@H]1CCC[C@H]1O.CC(C)(C)OC(=O)N[C@H]1CCC[C@H]1OC(=O)c1ccc([N+](=O)[O-])cc1.COC(=O)c1cccn(C2CCC[C@H]2OC)c1=O.COC(=O)c1cccoc1=O.CO[C@@H]1CCCC1n1cccc(C(=O)O)c1=O.CO[C@@H]1CCC[C@@H]1N.CO[C@@H]1CCC[C@@H]1NC(=O)OC(C)(C)C.CO[C@@H]1CCC[C@@H]1NCl.Cl.N[C@H]1CCC[C@@H]1O. The largest absolute Gasteiger partial charge is 0.477 e. The number of rotatable bonds is 18. The molecule has 9 saturated carbocycles. The van der Waals surface area contributed by atoms with E-state index < -0.39 is 99.0 Å². The first kappa shape index (κ1) is 124. The van der Waals surface area contributed by atoms with Crippen LogP contribution in [0.4, 0.5) is 24.9 Å². The number of pyridine rings is 2. The predicted octanol–water partition coefficient (Wildman–Crippen LogP) is 13.3. The van der Waals surface area contributed by atoms with E-state index in [1.165, 1.54) is 86.4 Å². The molecule has 0 aliphatic heterocycles. The second-order valence-electron chi connectivity index (χ2n) is 38.8. The zero-order valence-corrected chi connectivity index (χ0v) is 85.7. The first-order valence-corrected chi connectivity index (χ1v) is 47.7. The van der Waals surface area contributed by atoms with Crippen LogP contribution in [0.3, 0.4) is 0 Å². The fraction of sp³-hybridized carbons (Fsp3) is 0.701. The van der Waals surface area contributed by atoms with E-state index in [2.05, 4.69) is 40.0 Å². The number of aliphatic hydroxyl groups is 3. The molecule has 4 aromatic rings. The number of aromatic nitrogens is 2. The molecule has 13 N–H and O–H groups in total. The number of carbonyl (C=O) groups excluding carboxylic acids is 7. The number of ether oxygens (including phenoxy) is 12. The lowest BCUT2D eigenvalue weighted by molar-refractivity contribution is -0.384. The van der Waals surface area contributed by atoms with Gasteiger partial charge in [0.15, 0.2) is 0 Å². The van der Waals surface area contributed by atoms with Crippen molar-refractivity contribution in [1.82, 2.24) is 35.2 Å². The smallest absolute Gasteiger partial charge is 0.408 e. The van der Waals surface area contributed by atoms with Gasteiger partial charge in [-0.15, -0.1) is 12.4 Å². The summed E-state index contributed by atoms with van der Waals surface area (Å²) in [5.41, 5.74) is 7.59. The van der Waals surface area contributed by atoms with E-state index in [0.29, 0.717) is 37.1 Å². The number of esters is 3. The number of non-ortho nitro benzene ring substituents is 1. The van der Waals surface area contributed by atoms with Gasteiger partial charge in [0.25, 0.3) is 16.8 Å². The fourth-order valence-electron chi connectivity index (χ4n) is 16.7. The lowest BCUT2D eigenvalue weighted by Crippen LogP contribution is -2.44. The van der Waals surface area contributed by atoms with Crippen molar-refractivity contribution >= 4 is 78.1 Å². The number of benzene rings is 1. The molecule has 0 spiro atoms. The minimum absolute atomic E-state index is 0. The maximum Gasteiger partial charge on any atom is 0.408 e. The van der Waals surface area contributed by atoms with Crippen molar-refractivity contribution in [3.8, 4) is 0 Å². The average Bonchev–Trinajstić information content (AvgIpc) is 1.73. The second kappa shape index (κ2) is 62.1. The first-order chi connectivity index (χ1) is 65.0. The molecule has 3 aromatic heterocycles. The number of aromatic carboxylic acids is 1. The average molecular weight is 2010 g/mol. The molecule has 9 fully saturated rings. The molecule has 9 aliphatic rings. The number of amides is 4. The van der Waals surface area contributed by atoms with Gasteiger partial charge in [-0.2, -0.15) is 0 Å². The predicted molar refractivity (Wildman–Crippen MR) is 522 cm³/mol. The summed E-state index contributed by atoms with van der Waals surface area (Å²) in [6.45, 7) is 21.8. The Morgan fingerprint density at radius 3 is 1.08 bits per heavy atom. The molecule has 4 amide bonds. The maximum atomic E-state index is 12.2. The van der Waals surface area contributed by atoms with E-state index in [9.17, 15) is 73.1 Å². The Labute approximate surface area is 826 Å². The van der Waals surface area contributed by atoms with Crippen LogP contribution in [0, 0.1) is 10.1 Å². The van der Waals surface area contributed by atoms with Crippen LogP contribution < -0.4 is 54.3 Å². The Bertz CT molecular complexity index is 4490.